The highest BCUT2D eigenvalue weighted by Gasteiger charge is 2.19. The second-order valence-electron chi connectivity index (χ2n) is 5.93. The van der Waals surface area contributed by atoms with Gasteiger partial charge in [-0.3, -0.25) is 0 Å². The highest BCUT2D eigenvalue weighted by Crippen LogP contribution is 2.25. The zero-order valence-corrected chi connectivity index (χ0v) is 13.7. The van der Waals surface area contributed by atoms with Crippen LogP contribution in [0, 0.1) is 6.92 Å². The predicted molar refractivity (Wildman–Crippen MR) is 92.9 cm³/mol. The van der Waals surface area contributed by atoms with Crippen molar-refractivity contribution in [3.8, 4) is 5.75 Å². The summed E-state index contributed by atoms with van der Waals surface area (Å²) in [5, 5.41) is 0. The molecule has 5 nitrogen and oxygen atoms in total. The van der Waals surface area contributed by atoms with Crippen molar-refractivity contribution in [1.82, 2.24) is 9.97 Å². The third-order valence-corrected chi connectivity index (χ3v) is 4.23. The summed E-state index contributed by atoms with van der Waals surface area (Å²) in [4.78, 5) is 11.2. The minimum absolute atomic E-state index is 0.357. The number of aromatic nitrogens is 2. The quantitative estimate of drug-likeness (QED) is 0.919. The van der Waals surface area contributed by atoms with Gasteiger partial charge in [0.1, 0.15) is 11.6 Å². The van der Waals surface area contributed by atoms with Crippen molar-refractivity contribution in [3.63, 3.8) is 0 Å². The van der Waals surface area contributed by atoms with Gasteiger partial charge in [-0.2, -0.15) is 4.98 Å². The summed E-state index contributed by atoms with van der Waals surface area (Å²) < 4.78 is 5.83. The third-order valence-electron chi connectivity index (χ3n) is 4.23. The molecule has 0 radical (unpaired) electrons. The van der Waals surface area contributed by atoms with Gasteiger partial charge in [-0.1, -0.05) is 18.2 Å². The maximum atomic E-state index is 5.87. The van der Waals surface area contributed by atoms with Crippen LogP contribution < -0.4 is 15.4 Å². The molecule has 0 spiro atoms. The number of para-hydroxylation sites is 1. The molecule has 0 saturated carbocycles. The largest absolute Gasteiger partial charge is 0.493 e. The summed E-state index contributed by atoms with van der Waals surface area (Å²) in [6.45, 7) is 4.70. The van der Waals surface area contributed by atoms with Crippen LogP contribution in [0.2, 0.25) is 0 Å². The van der Waals surface area contributed by atoms with E-state index in [4.69, 9.17) is 10.5 Å². The van der Waals surface area contributed by atoms with Crippen LogP contribution in [0.5, 0.6) is 5.75 Å². The average Bonchev–Trinajstić information content (AvgIpc) is 2.58. The lowest BCUT2D eigenvalue weighted by Gasteiger charge is -2.30. The summed E-state index contributed by atoms with van der Waals surface area (Å²) in [7, 11) is 0. The van der Waals surface area contributed by atoms with Gasteiger partial charge in [0.05, 0.1) is 6.61 Å². The van der Waals surface area contributed by atoms with Gasteiger partial charge in [0.2, 0.25) is 5.95 Å². The molecule has 2 N–H and O–H groups in total. The number of aryl methyl sites for hydroxylation is 1. The normalized spacial score (nSPS) is 14.7. The van der Waals surface area contributed by atoms with Crippen LogP contribution in [0.3, 0.4) is 0 Å². The fraction of sp³-hybridized carbons (Fsp3) is 0.444. The lowest BCUT2D eigenvalue weighted by molar-refractivity contribution is 0.321. The van der Waals surface area contributed by atoms with E-state index < -0.39 is 0 Å². The highest BCUT2D eigenvalue weighted by molar-refractivity contribution is 5.52. The van der Waals surface area contributed by atoms with E-state index in [1.54, 1.807) is 0 Å². The Labute approximate surface area is 137 Å². The zero-order chi connectivity index (χ0) is 16.1. The van der Waals surface area contributed by atoms with Crippen molar-refractivity contribution in [2.45, 2.75) is 32.6 Å². The van der Waals surface area contributed by atoms with E-state index in [1.165, 1.54) is 19.3 Å². The first-order valence-electron chi connectivity index (χ1n) is 8.30. The number of rotatable bonds is 5. The van der Waals surface area contributed by atoms with Crippen molar-refractivity contribution in [1.29, 1.82) is 0 Å². The second-order valence-corrected chi connectivity index (χ2v) is 5.93. The molecule has 122 valence electrons. The summed E-state index contributed by atoms with van der Waals surface area (Å²) >= 11 is 0. The monoisotopic (exact) mass is 312 g/mol. The van der Waals surface area contributed by atoms with Crippen LogP contribution in [0.15, 0.2) is 30.3 Å². The Morgan fingerprint density at radius 3 is 2.57 bits per heavy atom. The minimum atomic E-state index is 0.357. The Kier molecular flexibility index (Phi) is 4.95. The van der Waals surface area contributed by atoms with Crippen molar-refractivity contribution >= 4 is 11.8 Å². The molecule has 0 atom stereocenters. The van der Waals surface area contributed by atoms with Crippen LogP contribution in [-0.4, -0.2) is 29.7 Å². The number of ether oxygens (including phenoxy) is 1. The van der Waals surface area contributed by atoms with Gasteiger partial charge in [0.25, 0.3) is 0 Å². The predicted octanol–water partition coefficient (Wildman–Crippen LogP) is 2.98. The summed E-state index contributed by atoms with van der Waals surface area (Å²) in [5.74, 6) is 2.24. The van der Waals surface area contributed by atoms with Gasteiger partial charge in [0, 0.05) is 30.8 Å². The smallest absolute Gasteiger partial charge is 0.222 e. The first-order chi connectivity index (χ1) is 11.2. The molecule has 3 rings (SSSR count). The molecular formula is C18H24N4O. The van der Waals surface area contributed by atoms with Gasteiger partial charge in [-0.15, -0.1) is 0 Å². The topological polar surface area (TPSA) is 64.3 Å². The van der Waals surface area contributed by atoms with E-state index in [-0.39, 0.29) is 0 Å². The fourth-order valence-corrected chi connectivity index (χ4v) is 3.05. The van der Waals surface area contributed by atoms with Gasteiger partial charge in [-0.25, -0.2) is 4.98 Å². The van der Waals surface area contributed by atoms with Crippen LogP contribution in [0.1, 0.15) is 30.5 Å². The number of hydrogen-bond donors (Lipinski definition) is 1. The Bertz CT molecular complexity index is 639. The molecule has 5 heteroatoms. The lowest BCUT2D eigenvalue weighted by atomic mass is 10.1. The SMILES string of the molecule is Cc1nc(N)nc(N2CCCCC2)c1CCOc1ccccc1. The van der Waals surface area contributed by atoms with Gasteiger partial charge in [0.15, 0.2) is 0 Å². The Hall–Kier alpha value is -2.30. The lowest BCUT2D eigenvalue weighted by Crippen LogP contribution is -2.32. The summed E-state index contributed by atoms with van der Waals surface area (Å²) in [5.41, 5.74) is 7.98. The van der Waals surface area contributed by atoms with Crippen molar-refractivity contribution in [3.05, 3.63) is 41.6 Å². The van der Waals surface area contributed by atoms with E-state index in [1.807, 2.05) is 37.3 Å². The molecule has 1 aliphatic heterocycles. The number of piperidine rings is 1. The molecule has 1 saturated heterocycles. The maximum Gasteiger partial charge on any atom is 0.222 e. The van der Waals surface area contributed by atoms with Gasteiger partial charge < -0.3 is 15.4 Å². The Balaban J connectivity index is 1.74. The van der Waals surface area contributed by atoms with Crippen LogP contribution >= 0.6 is 0 Å². The molecule has 23 heavy (non-hydrogen) atoms. The zero-order valence-electron chi connectivity index (χ0n) is 13.7. The van der Waals surface area contributed by atoms with E-state index in [0.717, 1.165) is 42.3 Å². The Morgan fingerprint density at radius 2 is 1.83 bits per heavy atom. The van der Waals surface area contributed by atoms with Crippen LogP contribution in [-0.2, 0) is 6.42 Å². The molecule has 1 aliphatic rings. The molecule has 2 aromatic rings. The van der Waals surface area contributed by atoms with E-state index in [2.05, 4.69) is 14.9 Å². The first kappa shape index (κ1) is 15.6. The molecular weight excluding hydrogens is 288 g/mol. The second kappa shape index (κ2) is 7.31. The number of benzene rings is 1. The van der Waals surface area contributed by atoms with Crippen LogP contribution in [0.25, 0.3) is 0 Å². The number of nitrogens with zero attached hydrogens (tertiary/aromatic N) is 3. The van der Waals surface area contributed by atoms with Gasteiger partial charge >= 0.3 is 0 Å². The third kappa shape index (κ3) is 3.92. The molecule has 1 aromatic carbocycles. The van der Waals surface area contributed by atoms with Crippen molar-refractivity contribution < 1.29 is 4.74 Å². The van der Waals surface area contributed by atoms with E-state index in [0.29, 0.717) is 12.6 Å². The molecule has 0 unspecified atom stereocenters. The first-order valence-corrected chi connectivity index (χ1v) is 8.30. The number of nitrogens with two attached hydrogens (primary N) is 1. The van der Waals surface area contributed by atoms with E-state index in [9.17, 15) is 0 Å². The van der Waals surface area contributed by atoms with Crippen LogP contribution in [0.4, 0.5) is 11.8 Å². The Morgan fingerprint density at radius 1 is 1.09 bits per heavy atom. The van der Waals surface area contributed by atoms with Crippen molar-refractivity contribution in [2.24, 2.45) is 0 Å². The highest BCUT2D eigenvalue weighted by atomic mass is 16.5. The number of nitrogen functional groups attached to an aromatic ring is 1. The molecule has 0 amide bonds. The number of hydrogen-bond acceptors (Lipinski definition) is 5. The molecule has 1 fully saturated rings. The summed E-state index contributed by atoms with van der Waals surface area (Å²) in [6.07, 6.45) is 4.50. The molecule has 0 aliphatic carbocycles. The minimum Gasteiger partial charge on any atom is -0.493 e. The molecule has 1 aromatic heterocycles. The standard InChI is InChI=1S/C18H24N4O/c1-14-16(10-13-23-15-8-4-2-5-9-15)17(21-18(19)20-14)22-11-6-3-7-12-22/h2,4-5,8-9H,3,6-7,10-13H2,1H3,(H2,19,20,21). The summed E-state index contributed by atoms with van der Waals surface area (Å²) in [6, 6.07) is 9.88. The molecule has 0 bridgehead atoms. The maximum absolute atomic E-state index is 5.87. The average molecular weight is 312 g/mol. The molecule has 2 heterocycles. The fourth-order valence-electron chi connectivity index (χ4n) is 3.05. The van der Waals surface area contributed by atoms with E-state index >= 15 is 0 Å². The van der Waals surface area contributed by atoms with Crippen molar-refractivity contribution in [2.75, 3.05) is 30.3 Å². The number of anilines is 2. The van der Waals surface area contributed by atoms with Gasteiger partial charge in [-0.05, 0) is 38.3 Å².